The maximum atomic E-state index is 12.3. The van der Waals surface area contributed by atoms with Crippen LogP contribution < -0.4 is 5.32 Å². The van der Waals surface area contributed by atoms with Crippen LogP contribution in [0.2, 0.25) is 0 Å². The summed E-state index contributed by atoms with van der Waals surface area (Å²) in [5.41, 5.74) is -0.563. The van der Waals surface area contributed by atoms with Crippen molar-refractivity contribution in [1.29, 1.82) is 0 Å². The number of nitrogens with one attached hydrogen (secondary N) is 1. The van der Waals surface area contributed by atoms with Crippen LogP contribution in [0.15, 0.2) is 24.3 Å². The minimum atomic E-state index is -1.71. The third kappa shape index (κ3) is 2.67. The van der Waals surface area contributed by atoms with E-state index < -0.39 is 23.1 Å². The van der Waals surface area contributed by atoms with Crippen molar-refractivity contribution in [2.75, 3.05) is 0 Å². The summed E-state index contributed by atoms with van der Waals surface area (Å²) in [5.74, 6) is -1.95. The van der Waals surface area contributed by atoms with Crippen molar-refractivity contribution in [2.24, 2.45) is 0 Å². The number of carboxylic acid groups (broad SMARTS) is 1. The van der Waals surface area contributed by atoms with Crippen LogP contribution in [0.5, 0.6) is 0 Å². The van der Waals surface area contributed by atoms with Gasteiger partial charge in [-0.25, -0.2) is 9.59 Å². The van der Waals surface area contributed by atoms with Crippen molar-refractivity contribution in [3.63, 3.8) is 0 Å². The van der Waals surface area contributed by atoms with Gasteiger partial charge >= 0.3 is 11.9 Å². The Kier molecular flexibility index (Phi) is 3.56. The van der Waals surface area contributed by atoms with Gasteiger partial charge in [0.05, 0.1) is 0 Å². The smallest absolute Gasteiger partial charge is 0.338 e. The molecule has 5 heteroatoms. The number of hydrogen-bond donors (Lipinski definition) is 2. The number of esters is 1. The lowest BCUT2D eigenvalue weighted by Gasteiger charge is -2.35. The molecule has 0 unspecified atom stereocenters. The molecule has 2 rings (SSSR count). The molecular weight excluding hydrogens is 258 g/mol. The first-order valence-electron chi connectivity index (χ1n) is 6.53. The van der Waals surface area contributed by atoms with Crippen LogP contribution in [-0.2, 0) is 27.3 Å². The molecule has 0 bridgehead atoms. The van der Waals surface area contributed by atoms with E-state index in [1.54, 1.807) is 20.8 Å². The highest BCUT2D eigenvalue weighted by Gasteiger charge is 2.50. The number of carbonyl (C=O) groups excluding carboxylic acids is 1. The second-order valence-electron chi connectivity index (χ2n) is 6.01. The first-order valence-corrected chi connectivity index (χ1v) is 6.53. The Balaban J connectivity index is 2.34. The Labute approximate surface area is 117 Å². The molecule has 1 aliphatic heterocycles. The highest BCUT2D eigenvalue weighted by Crippen LogP contribution is 2.26. The molecule has 1 heterocycles. The summed E-state index contributed by atoms with van der Waals surface area (Å²) >= 11 is 0. The van der Waals surface area contributed by atoms with Gasteiger partial charge in [-0.2, -0.15) is 0 Å². The first kappa shape index (κ1) is 14.5. The standard InChI is InChI=1S/C15H19NO4/c1-14(2,3)20-13(19)15(12(17)18)8-10-6-4-5-7-11(10)9-16-15/h4-7,16H,8-9H2,1-3H3,(H,17,18)/t15-/m0/s1. The van der Waals surface area contributed by atoms with Gasteiger partial charge in [0, 0.05) is 13.0 Å². The van der Waals surface area contributed by atoms with Crippen molar-refractivity contribution < 1.29 is 19.4 Å². The first-order chi connectivity index (χ1) is 9.24. The van der Waals surface area contributed by atoms with Crippen LogP contribution in [-0.4, -0.2) is 28.2 Å². The van der Waals surface area contributed by atoms with Crippen molar-refractivity contribution >= 4 is 11.9 Å². The molecule has 0 aliphatic carbocycles. The van der Waals surface area contributed by atoms with Gasteiger partial charge < -0.3 is 9.84 Å². The molecule has 5 nitrogen and oxygen atoms in total. The molecule has 0 amide bonds. The number of hydrogen-bond acceptors (Lipinski definition) is 4. The van der Waals surface area contributed by atoms with Crippen molar-refractivity contribution in [3.8, 4) is 0 Å². The van der Waals surface area contributed by atoms with Gasteiger partial charge in [-0.15, -0.1) is 0 Å². The normalized spacial score (nSPS) is 21.9. The van der Waals surface area contributed by atoms with E-state index in [0.29, 0.717) is 6.54 Å². The second kappa shape index (κ2) is 4.90. The zero-order chi connectivity index (χ0) is 15.0. The summed E-state index contributed by atoms with van der Waals surface area (Å²) < 4.78 is 5.27. The molecule has 2 N–H and O–H groups in total. The number of benzene rings is 1. The van der Waals surface area contributed by atoms with E-state index >= 15 is 0 Å². The van der Waals surface area contributed by atoms with Crippen molar-refractivity contribution in [1.82, 2.24) is 5.32 Å². The molecule has 1 aliphatic rings. The topological polar surface area (TPSA) is 75.6 Å². The average molecular weight is 277 g/mol. The van der Waals surface area contributed by atoms with E-state index in [9.17, 15) is 14.7 Å². The largest absolute Gasteiger partial charge is 0.479 e. The SMILES string of the molecule is CC(C)(C)OC(=O)[C@@]1(C(=O)O)Cc2ccccc2CN1. The molecule has 108 valence electrons. The molecule has 0 aromatic heterocycles. The zero-order valence-corrected chi connectivity index (χ0v) is 11.9. The molecule has 20 heavy (non-hydrogen) atoms. The van der Waals surface area contributed by atoms with Crippen LogP contribution in [0.4, 0.5) is 0 Å². The Morgan fingerprint density at radius 2 is 1.85 bits per heavy atom. The van der Waals surface area contributed by atoms with Gasteiger partial charge in [0.2, 0.25) is 5.54 Å². The van der Waals surface area contributed by atoms with Crippen LogP contribution in [0, 0.1) is 0 Å². The molecule has 0 fully saturated rings. The van der Waals surface area contributed by atoms with Gasteiger partial charge in [-0.1, -0.05) is 24.3 Å². The Bertz CT molecular complexity index is 547. The van der Waals surface area contributed by atoms with E-state index in [-0.39, 0.29) is 6.42 Å². The molecule has 1 aromatic rings. The summed E-state index contributed by atoms with van der Waals surface area (Å²) in [7, 11) is 0. The maximum Gasteiger partial charge on any atom is 0.338 e. The van der Waals surface area contributed by atoms with Crippen LogP contribution in [0.1, 0.15) is 31.9 Å². The quantitative estimate of drug-likeness (QED) is 0.633. The third-order valence-electron chi connectivity index (χ3n) is 3.27. The molecule has 1 aromatic carbocycles. The summed E-state index contributed by atoms with van der Waals surface area (Å²) in [5, 5.41) is 12.4. The fourth-order valence-electron chi connectivity index (χ4n) is 2.24. The Morgan fingerprint density at radius 1 is 1.25 bits per heavy atom. The maximum absolute atomic E-state index is 12.3. The molecule has 0 saturated heterocycles. The summed E-state index contributed by atoms with van der Waals surface area (Å²) in [6.07, 6.45) is 0.0907. The van der Waals surface area contributed by atoms with Gasteiger partial charge in [0.25, 0.3) is 0 Å². The fraction of sp³-hybridized carbons (Fsp3) is 0.467. The van der Waals surface area contributed by atoms with E-state index in [1.807, 2.05) is 24.3 Å². The van der Waals surface area contributed by atoms with E-state index in [1.165, 1.54) is 0 Å². The highest BCUT2D eigenvalue weighted by atomic mass is 16.6. The monoisotopic (exact) mass is 277 g/mol. The second-order valence-corrected chi connectivity index (χ2v) is 6.01. The third-order valence-corrected chi connectivity index (χ3v) is 3.27. The van der Waals surface area contributed by atoms with Crippen LogP contribution in [0.3, 0.4) is 0 Å². The summed E-state index contributed by atoms with van der Waals surface area (Å²) in [6, 6.07) is 7.50. The summed E-state index contributed by atoms with van der Waals surface area (Å²) in [6.45, 7) is 5.49. The van der Waals surface area contributed by atoms with Gasteiger partial charge in [-0.3, -0.25) is 5.32 Å². The lowest BCUT2D eigenvalue weighted by Crippen LogP contribution is -2.62. The number of carbonyl (C=O) groups is 2. The van der Waals surface area contributed by atoms with Gasteiger partial charge in [0.15, 0.2) is 0 Å². The predicted molar refractivity (Wildman–Crippen MR) is 73.2 cm³/mol. The summed E-state index contributed by atoms with van der Waals surface area (Å²) in [4.78, 5) is 24.0. The van der Waals surface area contributed by atoms with Crippen LogP contribution >= 0.6 is 0 Å². The minimum Gasteiger partial charge on any atom is -0.479 e. The van der Waals surface area contributed by atoms with Gasteiger partial charge in [0.1, 0.15) is 5.60 Å². The zero-order valence-electron chi connectivity index (χ0n) is 11.9. The number of rotatable bonds is 2. The highest BCUT2D eigenvalue weighted by molar-refractivity contribution is 6.04. The van der Waals surface area contributed by atoms with Crippen molar-refractivity contribution in [3.05, 3.63) is 35.4 Å². The van der Waals surface area contributed by atoms with E-state index in [0.717, 1.165) is 11.1 Å². The molecular formula is C15H19NO4. The lowest BCUT2D eigenvalue weighted by molar-refractivity contribution is -0.171. The molecule has 0 radical (unpaired) electrons. The van der Waals surface area contributed by atoms with Crippen LogP contribution in [0.25, 0.3) is 0 Å². The Hall–Kier alpha value is -1.88. The number of carboxylic acids is 1. The number of ether oxygens (including phenoxy) is 1. The molecule has 0 saturated carbocycles. The van der Waals surface area contributed by atoms with Gasteiger partial charge in [-0.05, 0) is 31.9 Å². The Morgan fingerprint density at radius 3 is 2.40 bits per heavy atom. The van der Waals surface area contributed by atoms with E-state index in [2.05, 4.69) is 5.32 Å². The minimum absolute atomic E-state index is 0.0907. The lowest BCUT2D eigenvalue weighted by atomic mass is 9.84. The number of fused-ring (bicyclic) bond motifs is 1. The predicted octanol–water partition coefficient (Wildman–Crippen LogP) is 1.50. The fourth-order valence-corrected chi connectivity index (χ4v) is 2.24. The molecule has 0 spiro atoms. The number of aliphatic carboxylic acids is 1. The average Bonchev–Trinajstić information content (AvgIpc) is 2.35. The van der Waals surface area contributed by atoms with E-state index in [4.69, 9.17) is 4.74 Å². The van der Waals surface area contributed by atoms with Crippen molar-refractivity contribution in [2.45, 2.75) is 44.9 Å². The molecule has 1 atom stereocenters.